The topological polar surface area (TPSA) is 90.9 Å². The van der Waals surface area contributed by atoms with Crippen molar-refractivity contribution >= 4 is 22.5 Å². The molecule has 0 fully saturated rings. The number of hydrogen-bond donors (Lipinski definition) is 0. The molecule has 2 aromatic carbocycles. The van der Waals surface area contributed by atoms with Gasteiger partial charge in [-0.15, -0.1) is 5.10 Å². The van der Waals surface area contributed by atoms with Gasteiger partial charge in [0, 0.05) is 24.1 Å². The highest BCUT2D eigenvalue weighted by atomic mass is 16.6. The summed E-state index contributed by atoms with van der Waals surface area (Å²) < 4.78 is 1.68. The number of carbonyl (C=O) groups is 1. The van der Waals surface area contributed by atoms with E-state index in [-0.39, 0.29) is 17.9 Å². The summed E-state index contributed by atoms with van der Waals surface area (Å²) in [7, 11) is 0. The predicted octanol–water partition coefficient (Wildman–Crippen LogP) is 2.61. The van der Waals surface area contributed by atoms with Crippen molar-refractivity contribution in [3.63, 3.8) is 0 Å². The number of aryl methyl sites for hydroxylation is 1. The van der Waals surface area contributed by atoms with E-state index in [2.05, 4.69) is 10.3 Å². The van der Waals surface area contributed by atoms with Crippen LogP contribution in [0.15, 0.2) is 48.5 Å². The van der Waals surface area contributed by atoms with Gasteiger partial charge in [-0.1, -0.05) is 17.3 Å². The van der Waals surface area contributed by atoms with Gasteiger partial charge in [0.1, 0.15) is 5.52 Å². The van der Waals surface area contributed by atoms with Crippen LogP contribution in [0.25, 0.3) is 11.0 Å². The summed E-state index contributed by atoms with van der Waals surface area (Å²) in [5, 5.41) is 18.6. The lowest BCUT2D eigenvalue weighted by molar-refractivity contribution is -0.384. The molecule has 0 aliphatic carbocycles. The third-order valence-electron chi connectivity index (χ3n) is 3.37. The van der Waals surface area contributed by atoms with Crippen LogP contribution in [0, 0.1) is 10.1 Å². The average Bonchev–Trinajstić information content (AvgIpc) is 2.96. The van der Waals surface area contributed by atoms with Gasteiger partial charge in [0.2, 0.25) is 0 Å². The first-order valence-electron chi connectivity index (χ1n) is 6.71. The Hall–Kier alpha value is -3.09. The average molecular weight is 296 g/mol. The third kappa shape index (κ3) is 2.69. The maximum atomic E-state index is 12.1. The molecule has 3 aromatic rings. The van der Waals surface area contributed by atoms with Crippen molar-refractivity contribution in [2.24, 2.45) is 0 Å². The number of aromatic nitrogens is 3. The van der Waals surface area contributed by atoms with E-state index < -0.39 is 4.92 Å². The first-order valence-corrected chi connectivity index (χ1v) is 6.71. The van der Waals surface area contributed by atoms with Crippen molar-refractivity contribution in [2.75, 3.05) is 0 Å². The van der Waals surface area contributed by atoms with Gasteiger partial charge in [0.15, 0.2) is 5.78 Å². The smallest absolute Gasteiger partial charge is 0.269 e. The molecule has 0 amide bonds. The van der Waals surface area contributed by atoms with E-state index in [0.29, 0.717) is 12.1 Å². The molecule has 0 saturated carbocycles. The van der Waals surface area contributed by atoms with E-state index in [0.717, 1.165) is 11.0 Å². The van der Waals surface area contributed by atoms with E-state index >= 15 is 0 Å². The molecule has 7 nitrogen and oxygen atoms in total. The maximum Gasteiger partial charge on any atom is 0.269 e. The van der Waals surface area contributed by atoms with Crippen LogP contribution in [-0.2, 0) is 6.54 Å². The second-order valence-corrected chi connectivity index (χ2v) is 4.78. The van der Waals surface area contributed by atoms with Gasteiger partial charge < -0.3 is 0 Å². The van der Waals surface area contributed by atoms with Crippen LogP contribution >= 0.6 is 0 Å². The zero-order chi connectivity index (χ0) is 15.5. The van der Waals surface area contributed by atoms with E-state index in [9.17, 15) is 14.9 Å². The van der Waals surface area contributed by atoms with Crippen molar-refractivity contribution in [1.29, 1.82) is 0 Å². The summed E-state index contributed by atoms with van der Waals surface area (Å²) in [5.41, 5.74) is 2.08. The Kier molecular flexibility index (Phi) is 3.61. The largest absolute Gasteiger partial charge is 0.294 e. The molecule has 0 bridgehead atoms. The zero-order valence-corrected chi connectivity index (χ0v) is 11.5. The molecular weight excluding hydrogens is 284 g/mol. The van der Waals surface area contributed by atoms with Crippen LogP contribution in [0.3, 0.4) is 0 Å². The highest BCUT2D eigenvalue weighted by molar-refractivity contribution is 5.96. The number of rotatable bonds is 5. The number of nitro benzene ring substituents is 1. The second kappa shape index (κ2) is 5.72. The minimum atomic E-state index is -0.490. The van der Waals surface area contributed by atoms with E-state index in [4.69, 9.17) is 0 Å². The predicted molar refractivity (Wildman–Crippen MR) is 79.6 cm³/mol. The Bertz CT molecular complexity index is 839. The van der Waals surface area contributed by atoms with Crippen LogP contribution in [0.1, 0.15) is 16.8 Å². The maximum absolute atomic E-state index is 12.1. The number of nitrogens with zero attached hydrogens (tertiary/aromatic N) is 4. The van der Waals surface area contributed by atoms with Gasteiger partial charge in [-0.25, -0.2) is 4.68 Å². The fraction of sp³-hybridized carbons (Fsp3) is 0.133. The molecule has 110 valence electrons. The Morgan fingerprint density at radius 1 is 1.14 bits per heavy atom. The number of carbonyl (C=O) groups excluding carboxylic acids is 1. The molecule has 0 saturated heterocycles. The van der Waals surface area contributed by atoms with Gasteiger partial charge in [-0.2, -0.15) is 0 Å². The molecule has 3 rings (SSSR count). The molecule has 0 N–H and O–H groups in total. The third-order valence-corrected chi connectivity index (χ3v) is 3.37. The fourth-order valence-electron chi connectivity index (χ4n) is 2.20. The summed E-state index contributed by atoms with van der Waals surface area (Å²) >= 11 is 0. The number of non-ortho nitro benzene ring substituents is 1. The highest BCUT2D eigenvalue weighted by Gasteiger charge is 2.11. The van der Waals surface area contributed by atoms with E-state index in [1.54, 1.807) is 4.68 Å². The molecule has 7 heteroatoms. The molecule has 22 heavy (non-hydrogen) atoms. The molecule has 1 heterocycles. The minimum absolute atomic E-state index is 0.0289. The summed E-state index contributed by atoms with van der Waals surface area (Å²) in [4.78, 5) is 22.2. The van der Waals surface area contributed by atoms with Gasteiger partial charge >= 0.3 is 0 Å². The van der Waals surface area contributed by atoms with Crippen molar-refractivity contribution < 1.29 is 9.72 Å². The van der Waals surface area contributed by atoms with Gasteiger partial charge in [-0.05, 0) is 24.3 Å². The summed E-state index contributed by atoms with van der Waals surface area (Å²) in [5.74, 6) is -0.0884. The fourth-order valence-corrected chi connectivity index (χ4v) is 2.20. The summed E-state index contributed by atoms with van der Waals surface area (Å²) in [6.07, 6.45) is 0.255. The monoisotopic (exact) mass is 296 g/mol. The summed E-state index contributed by atoms with van der Waals surface area (Å²) in [6, 6.07) is 13.1. The lowest BCUT2D eigenvalue weighted by Crippen LogP contribution is -2.07. The van der Waals surface area contributed by atoms with Gasteiger partial charge in [0.05, 0.1) is 17.0 Å². The summed E-state index contributed by atoms with van der Waals surface area (Å²) in [6.45, 7) is 0.413. The van der Waals surface area contributed by atoms with Crippen LogP contribution < -0.4 is 0 Å². The highest BCUT2D eigenvalue weighted by Crippen LogP contribution is 2.14. The zero-order valence-electron chi connectivity index (χ0n) is 11.5. The number of benzene rings is 2. The van der Waals surface area contributed by atoms with Crippen molar-refractivity contribution in [3.8, 4) is 0 Å². The van der Waals surface area contributed by atoms with Gasteiger partial charge in [0.25, 0.3) is 5.69 Å². The Balaban J connectivity index is 1.70. The normalized spacial score (nSPS) is 10.7. The molecule has 0 aliphatic heterocycles. The Labute approximate surface area is 125 Å². The SMILES string of the molecule is O=C(CCn1nnc2ccccc21)c1ccc([N+](=O)[O-])cc1. The van der Waals surface area contributed by atoms with Crippen molar-refractivity contribution in [1.82, 2.24) is 15.0 Å². The second-order valence-electron chi connectivity index (χ2n) is 4.78. The number of hydrogen-bond acceptors (Lipinski definition) is 5. The minimum Gasteiger partial charge on any atom is -0.294 e. The van der Waals surface area contributed by atoms with E-state index in [1.807, 2.05) is 24.3 Å². The Morgan fingerprint density at radius 2 is 1.86 bits per heavy atom. The first-order chi connectivity index (χ1) is 10.6. The number of ketones is 1. The number of fused-ring (bicyclic) bond motifs is 1. The van der Waals surface area contributed by atoms with Crippen LogP contribution in [-0.4, -0.2) is 25.7 Å². The molecule has 0 aliphatic rings. The number of Topliss-reactive ketones (excluding diaryl/α,β-unsaturated/α-hetero) is 1. The number of nitro groups is 1. The van der Waals surface area contributed by atoms with Crippen LogP contribution in [0.4, 0.5) is 5.69 Å². The number of para-hydroxylation sites is 1. The molecule has 0 radical (unpaired) electrons. The molecule has 0 unspecified atom stereocenters. The van der Waals surface area contributed by atoms with Crippen LogP contribution in [0.5, 0.6) is 0 Å². The van der Waals surface area contributed by atoms with Crippen LogP contribution in [0.2, 0.25) is 0 Å². The standard InChI is InChI=1S/C15H12N4O3/c20-15(11-5-7-12(8-6-11)19(21)22)9-10-18-14-4-2-1-3-13(14)16-17-18/h1-8H,9-10H2. The molecular formula is C15H12N4O3. The van der Waals surface area contributed by atoms with Gasteiger partial charge in [-0.3, -0.25) is 14.9 Å². The lowest BCUT2D eigenvalue weighted by Gasteiger charge is -2.02. The van der Waals surface area contributed by atoms with E-state index in [1.165, 1.54) is 24.3 Å². The Morgan fingerprint density at radius 3 is 2.59 bits per heavy atom. The lowest BCUT2D eigenvalue weighted by atomic mass is 10.1. The molecule has 0 spiro atoms. The first kappa shape index (κ1) is 13.9. The molecule has 1 aromatic heterocycles. The molecule has 0 atom stereocenters. The van der Waals surface area contributed by atoms with Crippen molar-refractivity contribution in [2.45, 2.75) is 13.0 Å². The quantitative estimate of drug-likeness (QED) is 0.410. The van der Waals surface area contributed by atoms with Crippen molar-refractivity contribution in [3.05, 3.63) is 64.2 Å².